The monoisotopic (exact) mass is 350 g/mol. The van der Waals surface area contributed by atoms with Crippen molar-refractivity contribution in [3.63, 3.8) is 0 Å². The molecule has 0 bridgehead atoms. The fourth-order valence-corrected chi connectivity index (χ4v) is 3.44. The molecule has 0 radical (unpaired) electrons. The van der Waals surface area contributed by atoms with Gasteiger partial charge >= 0.3 is 5.97 Å². The highest BCUT2D eigenvalue weighted by Crippen LogP contribution is 2.39. The number of amides is 1. The Bertz CT molecular complexity index is 740. The summed E-state index contributed by atoms with van der Waals surface area (Å²) in [5.41, 5.74) is 1.64. The summed E-state index contributed by atoms with van der Waals surface area (Å²) in [6.45, 7) is 2.21. The van der Waals surface area contributed by atoms with Crippen LogP contribution in [-0.2, 0) is 26.3 Å². The van der Waals surface area contributed by atoms with Crippen LogP contribution in [0.4, 0.5) is 0 Å². The van der Waals surface area contributed by atoms with Gasteiger partial charge < -0.3 is 14.6 Å². The highest BCUT2D eigenvalue weighted by Gasteiger charge is 2.47. The highest BCUT2D eigenvalue weighted by molar-refractivity contribution is 9.10. The second-order valence-corrected chi connectivity index (χ2v) is 6.20. The average molecular weight is 351 g/mol. The van der Waals surface area contributed by atoms with Gasteiger partial charge in [0.1, 0.15) is 0 Å². The Labute approximate surface area is 130 Å². The van der Waals surface area contributed by atoms with E-state index in [1.807, 2.05) is 18.2 Å². The van der Waals surface area contributed by atoms with Crippen LogP contribution < -0.4 is 0 Å². The Morgan fingerprint density at radius 3 is 2.95 bits per heavy atom. The van der Waals surface area contributed by atoms with E-state index in [2.05, 4.69) is 20.9 Å². The maximum Gasteiger partial charge on any atom is 0.337 e. The standard InChI is InChI=1S/C15H15BrN2O3/c1-15(14(20)21-2)13-11(5-6-18(15)8-19)10-4-3-9(16)7-12(10)17-13/h3-4,7-8,17H,5-6H2,1-2H3. The Balaban J connectivity index is 2.29. The molecule has 110 valence electrons. The first-order valence-corrected chi connectivity index (χ1v) is 7.42. The number of rotatable bonds is 2. The van der Waals surface area contributed by atoms with Crippen molar-refractivity contribution in [3.8, 4) is 0 Å². The SMILES string of the molecule is COC(=O)C1(C)c2[nH]c3cc(Br)ccc3c2CCN1C=O. The summed E-state index contributed by atoms with van der Waals surface area (Å²) >= 11 is 3.44. The van der Waals surface area contributed by atoms with Crippen LogP contribution in [0, 0.1) is 0 Å². The van der Waals surface area contributed by atoms with Gasteiger partial charge in [-0.1, -0.05) is 22.0 Å². The van der Waals surface area contributed by atoms with Crippen LogP contribution >= 0.6 is 15.9 Å². The number of nitrogens with zero attached hydrogens (tertiary/aromatic N) is 1. The average Bonchev–Trinajstić information content (AvgIpc) is 2.85. The zero-order valence-corrected chi connectivity index (χ0v) is 13.4. The molecule has 1 aliphatic rings. The highest BCUT2D eigenvalue weighted by atomic mass is 79.9. The number of methoxy groups -OCH3 is 1. The number of benzene rings is 1. The Kier molecular flexibility index (Phi) is 3.28. The lowest BCUT2D eigenvalue weighted by atomic mass is 9.87. The van der Waals surface area contributed by atoms with Crippen LogP contribution in [0.5, 0.6) is 0 Å². The van der Waals surface area contributed by atoms with E-state index < -0.39 is 11.5 Å². The van der Waals surface area contributed by atoms with Gasteiger partial charge in [-0.05, 0) is 31.0 Å². The number of hydrogen-bond acceptors (Lipinski definition) is 3. The van der Waals surface area contributed by atoms with Crippen molar-refractivity contribution in [2.75, 3.05) is 13.7 Å². The lowest BCUT2D eigenvalue weighted by molar-refractivity contribution is -0.159. The number of hydrogen-bond donors (Lipinski definition) is 1. The van der Waals surface area contributed by atoms with Crippen molar-refractivity contribution < 1.29 is 14.3 Å². The number of esters is 1. The van der Waals surface area contributed by atoms with Crippen molar-refractivity contribution in [1.29, 1.82) is 0 Å². The Morgan fingerprint density at radius 2 is 2.29 bits per heavy atom. The molecule has 1 aromatic heterocycles. The van der Waals surface area contributed by atoms with Crippen molar-refractivity contribution in [2.24, 2.45) is 0 Å². The van der Waals surface area contributed by atoms with Crippen LogP contribution in [-0.4, -0.2) is 35.9 Å². The van der Waals surface area contributed by atoms with Gasteiger partial charge in [-0.25, -0.2) is 4.79 Å². The van der Waals surface area contributed by atoms with E-state index in [0.29, 0.717) is 19.4 Å². The number of nitrogens with one attached hydrogen (secondary N) is 1. The molecule has 1 unspecified atom stereocenters. The molecular weight excluding hydrogens is 336 g/mol. The van der Waals surface area contributed by atoms with E-state index in [9.17, 15) is 9.59 Å². The molecule has 5 nitrogen and oxygen atoms in total. The van der Waals surface area contributed by atoms with Gasteiger partial charge in [-0.3, -0.25) is 4.79 Å². The van der Waals surface area contributed by atoms with Crippen LogP contribution in [0.25, 0.3) is 10.9 Å². The minimum Gasteiger partial charge on any atom is -0.467 e. The van der Waals surface area contributed by atoms with Crippen LogP contribution in [0.2, 0.25) is 0 Å². The third kappa shape index (κ3) is 1.89. The molecule has 6 heteroatoms. The van der Waals surface area contributed by atoms with Gasteiger partial charge in [0, 0.05) is 21.9 Å². The predicted octanol–water partition coefficient (Wildman–Crippen LogP) is 2.33. The first kappa shape index (κ1) is 14.1. The summed E-state index contributed by atoms with van der Waals surface area (Å²) in [4.78, 5) is 28.5. The predicted molar refractivity (Wildman–Crippen MR) is 81.8 cm³/mol. The normalized spacial score (nSPS) is 21.2. The third-order valence-corrected chi connectivity index (χ3v) is 4.74. The lowest BCUT2D eigenvalue weighted by Crippen LogP contribution is -2.53. The van der Waals surface area contributed by atoms with E-state index in [1.165, 1.54) is 12.0 Å². The second-order valence-electron chi connectivity index (χ2n) is 5.28. The first-order chi connectivity index (χ1) is 10.0. The third-order valence-electron chi connectivity index (χ3n) is 4.24. The van der Waals surface area contributed by atoms with Crippen LogP contribution in [0.3, 0.4) is 0 Å². The molecule has 1 N–H and O–H groups in total. The van der Waals surface area contributed by atoms with Gasteiger partial charge in [0.25, 0.3) is 0 Å². The number of carbonyl (C=O) groups is 2. The summed E-state index contributed by atoms with van der Waals surface area (Å²) in [5, 5.41) is 1.08. The molecule has 2 aromatic rings. The molecule has 2 heterocycles. The quantitative estimate of drug-likeness (QED) is 0.667. The van der Waals surface area contributed by atoms with E-state index in [4.69, 9.17) is 4.74 Å². The number of ether oxygens (including phenoxy) is 1. The van der Waals surface area contributed by atoms with E-state index >= 15 is 0 Å². The van der Waals surface area contributed by atoms with Crippen molar-refractivity contribution in [1.82, 2.24) is 9.88 Å². The first-order valence-electron chi connectivity index (χ1n) is 6.63. The smallest absolute Gasteiger partial charge is 0.337 e. The molecule has 1 aromatic carbocycles. The summed E-state index contributed by atoms with van der Waals surface area (Å²) in [5.74, 6) is -0.443. The summed E-state index contributed by atoms with van der Waals surface area (Å²) in [7, 11) is 1.34. The van der Waals surface area contributed by atoms with Crippen LogP contribution in [0.1, 0.15) is 18.2 Å². The van der Waals surface area contributed by atoms with E-state index in [0.717, 1.165) is 26.6 Å². The second kappa shape index (κ2) is 4.87. The molecule has 1 atom stereocenters. The van der Waals surface area contributed by atoms with Crippen molar-refractivity contribution >= 4 is 39.2 Å². The topological polar surface area (TPSA) is 62.4 Å². The lowest BCUT2D eigenvalue weighted by Gasteiger charge is -2.39. The zero-order chi connectivity index (χ0) is 15.2. The number of H-pyrrole nitrogens is 1. The molecule has 21 heavy (non-hydrogen) atoms. The van der Waals surface area contributed by atoms with Gasteiger partial charge in [-0.2, -0.15) is 0 Å². The summed E-state index contributed by atoms with van der Waals surface area (Å²) in [6.07, 6.45) is 1.42. The number of aromatic nitrogens is 1. The number of carbonyl (C=O) groups excluding carboxylic acids is 2. The largest absolute Gasteiger partial charge is 0.467 e. The van der Waals surface area contributed by atoms with Crippen LogP contribution in [0.15, 0.2) is 22.7 Å². The van der Waals surface area contributed by atoms with Crippen molar-refractivity contribution in [2.45, 2.75) is 18.9 Å². The maximum atomic E-state index is 12.3. The number of fused-ring (bicyclic) bond motifs is 3. The maximum absolute atomic E-state index is 12.3. The molecule has 0 aliphatic carbocycles. The van der Waals surface area contributed by atoms with Gasteiger partial charge in [0.2, 0.25) is 6.41 Å². The van der Waals surface area contributed by atoms with E-state index in [1.54, 1.807) is 6.92 Å². The van der Waals surface area contributed by atoms with E-state index in [-0.39, 0.29) is 0 Å². The molecule has 0 spiro atoms. The van der Waals surface area contributed by atoms with Gasteiger partial charge in [0.05, 0.1) is 12.8 Å². The molecule has 0 fully saturated rings. The zero-order valence-electron chi connectivity index (χ0n) is 11.8. The molecule has 0 saturated heterocycles. The molecule has 0 saturated carbocycles. The molecule has 1 amide bonds. The number of halogens is 1. The Morgan fingerprint density at radius 1 is 1.52 bits per heavy atom. The van der Waals surface area contributed by atoms with Gasteiger partial charge in [-0.15, -0.1) is 0 Å². The van der Waals surface area contributed by atoms with Gasteiger partial charge in [0.15, 0.2) is 5.54 Å². The Hall–Kier alpha value is -1.82. The summed E-state index contributed by atoms with van der Waals surface area (Å²) in [6, 6.07) is 5.96. The fraction of sp³-hybridized carbons (Fsp3) is 0.333. The fourth-order valence-electron chi connectivity index (χ4n) is 3.08. The number of aromatic amines is 1. The summed E-state index contributed by atoms with van der Waals surface area (Å²) < 4.78 is 5.89. The molecule has 3 rings (SSSR count). The minimum absolute atomic E-state index is 0.443. The minimum atomic E-state index is -1.12. The molecular formula is C15H15BrN2O3. The van der Waals surface area contributed by atoms with Crippen molar-refractivity contribution in [3.05, 3.63) is 33.9 Å². The molecule has 1 aliphatic heterocycles.